The van der Waals surface area contributed by atoms with Crippen molar-refractivity contribution in [3.05, 3.63) is 78.2 Å². The van der Waals surface area contributed by atoms with Crippen molar-refractivity contribution < 1.29 is 0 Å². The number of fused-ring (bicyclic) bond motifs is 2. The number of aromatic amines is 1. The Balaban J connectivity index is 1.41. The number of nitrogens with zero attached hydrogens (tertiary/aromatic N) is 6. The Kier molecular flexibility index (Phi) is 4.29. The largest absolute Gasteiger partial charge is 0.383 e. The van der Waals surface area contributed by atoms with Gasteiger partial charge in [-0.1, -0.05) is 18.2 Å². The van der Waals surface area contributed by atoms with E-state index in [9.17, 15) is 0 Å². The Morgan fingerprint density at radius 2 is 1.75 bits per heavy atom. The normalized spacial score (nSPS) is 21.1. The van der Waals surface area contributed by atoms with Crippen LogP contribution in [0.2, 0.25) is 0 Å². The molecule has 2 aromatic carbocycles. The number of hydrogen-bond acceptors (Lipinski definition) is 8. The Hall–Kier alpha value is -3.98. The molecule has 1 saturated heterocycles. The fourth-order valence-electron chi connectivity index (χ4n) is 4.58. The van der Waals surface area contributed by atoms with E-state index in [1.54, 1.807) is 12.4 Å². The molecule has 160 valence electrons. The van der Waals surface area contributed by atoms with E-state index in [0.717, 1.165) is 59.8 Å². The Morgan fingerprint density at radius 3 is 2.59 bits per heavy atom. The molecule has 9 heteroatoms. The highest BCUT2D eigenvalue weighted by atomic mass is 15.5. The summed E-state index contributed by atoms with van der Waals surface area (Å²) in [5, 5.41) is 12.0. The second kappa shape index (κ2) is 7.31. The highest BCUT2D eigenvalue weighted by Gasteiger charge is 2.43. The highest BCUT2D eigenvalue weighted by Crippen LogP contribution is 2.38. The second-order valence-corrected chi connectivity index (χ2v) is 8.03. The Bertz CT molecular complexity index is 1290. The summed E-state index contributed by atoms with van der Waals surface area (Å²) in [6, 6.07) is 16.1. The number of aliphatic imine (C=N–C) groups is 1. The van der Waals surface area contributed by atoms with E-state index in [1.165, 1.54) is 0 Å². The average molecular weight is 426 g/mol. The van der Waals surface area contributed by atoms with Gasteiger partial charge in [0.2, 0.25) is 11.7 Å². The van der Waals surface area contributed by atoms with Crippen molar-refractivity contribution in [1.29, 1.82) is 0 Å². The van der Waals surface area contributed by atoms with Gasteiger partial charge in [0.05, 0.1) is 11.7 Å². The van der Waals surface area contributed by atoms with Gasteiger partial charge >= 0.3 is 0 Å². The molecule has 0 spiro atoms. The molecule has 1 unspecified atom stereocenters. The van der Waals surface area contributed by atoms with Crippen LogP contribution in [0.15, 0.2) is 72.1 Å². The molecule has 2 aromatic heterocycles. The van der Waals surface area contributed by atoms with Gasteiger partial charge in [0.15, 0.2) is 0 Å². The molecule has 0 bridgehead atoms. The van der Waals surface area contributed by atoms with Gasteiger partial charge in [0, 0.05) is 60.8 Å². The molecule has 4 aromatic rings. The number of para-hydroxylation sites is 1. The summed E-state index contributed by atoms with van der Waals surface area (Å²) in [6.07, 6.45) is 5.39. The summed E-state index contributed by atoms with van der Waals surface area (Å²) < 4.78 is 0. The Morgan fingerprint density at radius 1 is 0.938 bits per heavy atom. The van der Waals surface area contributed by atoms with Crippen molar-refractivity contribution in [3.8, 4) is 0 Å². The third kappa shape index (κ3) is 2.97. The van der Waals surface area contributed by atoms with Crippen molar-refractivity contribution in [2.75, 3.05) is 36.4 Å². The third-order valence-corrected chi connectivity index (χ3v) is 6.21. The summed E-state index contributed by atoms with van der Waals surface area (Å²) in [6.45, 7) is 3.12. The fourth-order valence-corrected chi connectivity index (χ4v) is 4.58. The van der Waals surface area contributed by atoms with Gasteiger partial charge in [-0.15, -0.1) is 0 Å². The van der Waals surface area contributed by atoms with Gasteiger partial charge in [-0.25, -0.2) is 15.0 Å². The summed E-state index contributed by atoms with van der Waals surface area (Å²) in [5.74, 6) is 0.472. The number of amidine groups is 1. The fraction of sp³-hybridized carbons (Fsp3) is 0.217. The molecule has 1 atom stereocenters. The molecule has 4 heterocycles. The number of piperazine rings is 1. The molecule has 0 saturated carbocycles. The van der Waals surface area contributed by atoms with E-state index in [4.69, 9.17) is 10.7 Å². The van der Waals surface area contributed by atoms with Crippen LogP contribution in [0.5, 0.6) is 0 Å². The highest BCUT2D eigenvalue weighted by molar-refractivity contribution is 6.04. The lowest BCUT2D eigenvalue weighted by Crippen LogP contribution is -2.60. The molecule has 4 N–H and O–H groups in total. The summed E-state index contributed by atoms with van der Waals surface area (Å²) in [5.41, 5.74) is 10.4. The van der Waals surface area contributed by atoms with Gasteiger partial charge in [-0.05, 0) is 30.3 Å². The van der Waals surface area contributed by atoms with Crippen LogP contribution in [0.25, 0.3) is 10.9 Å². The number of aromatic nitrogens is 4. The molecule has 0 amide bonds. The molecular weight excluding hydrogens is 402 g/mol. The average Bonchev–Trinajstić information content (AvgIpc) is 3.33. The molecular formula is C23H23N9. The van der Waals surface area contributed by atoms with Gasteiger partial charge in [0.1, 0.15) is 5.84 Å². The van der Waals surface area contributed by atoms with E-state index in [0.29, 0.717) is 5.84 Å². The van der Waals surface area contributed by atoms with Crippen molar-refractivity contribution in [1.82, 2.24) is 25.1 Å². The molecule has 32 heavy (non-hydrogen) atoms. The lowest BCUT2D eigenvalue weighted by molar-refractivity contribution is 0.109. The molecule has 0 radical (unpaired) electrons. The zero-order chi connectivity index (χ0) is 21.5. The number of rotatable bonds is 3. The van der Waals surface area contributed by atoms with Gasteiger partial charge < -0.3 is 16.0 Å². The number of nitrogens with one attached hydrogen (secondary N) is 2. The number of benzene rings is 2. The Labute approximate surface area is 185 Å². The van der Waals surface area contributed by atoms with Crippen LogP contribution in [-0.2, 0) is 5.79 Å². The molecule has 0 aliphatic carbocycles. The first-order chi connectivity index (χ1) is 15.7. The molecule has 2 aliphatic rings. The van der Waals surface area contributed by atoms with Crippen LogP contribution >= 0.6 is 0 Å². The van der Waals surface area contributed by atoms with Crippen molar-refractivity contribution in [2.24, 2.45) is 10.7 Å². The predicted octanol–water partition coefficient (Wildman–Crippen LogP) is 2.12. The monoisotopic (exact) mass is 425 g/mol. The number of anilines is 2. The quantitative estimate of drug-likeness (QED) is 0.461. The molecule has 2 aliphatic heterocycles. The topological polar surface area (TPSA) is 111 Å². The molecule has 9 nitrogen and oxygen atoms in total. The van der Waals surface area contributed by atoms with Crippen LogP contribution in [-0.4, -0.2) is 57.1 Å². The molecule has 1 fully saturated rings. The summed E-state index contributed by atoms with van der Waals surface area (Å²) in [4.78, 5) is 18.4. The van der Waals surface area contributed by atoms with E-state index in [-0.39, 0.29) is 0 Å². The van der Waals surface area contributed by atoms with E-state index >= 15 is 0 Å². The number of hydrogen-bond donors (Lipinski definition) is 3. The standard InChI is InChI=1S/C23H23N9/c24-21-18-4-1-2-5-20(18)28-23(29-21,17-6-7-19-16(14-17)15-27-30-19)32-12-10-31(11-13-32)22-25-8-3-9-26-22/h1-9,14-15,28H,10-13H2,(H2,24,29)(H,27,30). The zero-order valence-electron chi connectivity index (χ0n) is 17.4. The van der Waals surface area contributed by atoms with E-state index < -0.39 is 5.79 Å². The van der Waals surface area contributed by atoms with Crippen molar-refractivity contribution >= 4 is 28.4 Å². The maximum absolute atomic E-state index is 6.51. The van der Waals surface area contributed by atoms with Gasteiger partial charge in [0.25, 0.3) is 0 Å². The predicted molar refractivity (Wildman–Crippen MR) is 124 cm³/mol. The first-order valence-corrected chi connectivity index (χ1v) is 10.7. The van der Waals surface area contributed by atoms with E-state index in [1.807, 2.05) is 36.5 Å². The minimum atomic E-state index is -0.812. The lowest BCUT2D eigenvalue weighted by Gasteiger charge is -2.48. The maximum atomic E-state index is 6.51. The van der Waals surface area contributed by atoms with Crippen LogP contribution in [0.1, 0.15) is 11.1 Å². The lowest BCUT2D eigenvalue weighted by atomic mass is 9.99. The van der Waals surface area contributed by atoms with Crippen LogP contribution in [0, 0.1) is 0 Å². The summed E-state index contributed by atoms with van der Waals surface area (Å²) >= 11 is 0. The van der Waals surface area contributed by atoms with Crippen molar-refractivity contribution in [2.45, 2.75) is 5.79 Å². The van der Waals surface area contributed by atoms with Gasteiger partial charge in [-0.3, -0.25) is 10.00 Å². The SMILES string of the molecule is NC1=NC(c2ccc3[nH]ncc3c2)(N2CCN(c3ncccn3)CC2)Nc2ccccc21. The first kappa shape index (κ1) is 18.8. The van der Waals surface area contributed by atoms with E-state index in [2.05, 4.69) is 53.5 Å². The minimum Gasteiger partial charge on any atom is -0.383 e. The van der Waals surface area contributed by atoms with Gasteiger partial charge in [-0.2, -0.15) is 5.10 Å². The molecule has 6 rings (SSSR count). The van der Waals surface area contributed by atoms with Crippen LogP contribution in [0.4, 0.5) is 11.6 Å². The first-order valence-electron chi connectivity index (χ1n) is 10.7. The van der Waals surface area contributed by atoms with Crippen LogP contribution in [0.3, 0.4) is 0 Å². The number of H-pyrrole nitrogens is 1. The van der Waals surface area contributed by atoms with Crippen molar-refractivity contribution in [3.63, 3.8) is 0 Å². The number of nitrogens with two attached hydrogens (primary N) is 1. The smallest absolute Gasteiger partial charge is 0.225 e. The zero-order valence-corrected chi connectivity index (χ0v) is 17.4. The summed E-state index contributed by atoms with van der Waals surface area (Å²) in [7, 11) is 0. The second-order valence-electron chi connectivity index (χ2n) is 8.03. The minimum absolute atomic E-state index is 0.528. The third-order valence-electron chi connectivity index (χ3n) is 6.21. The van der Waals surface area contributed by atoms with Crippen LogP contribution < -0.4 is 16.0 Å². The maximum Gasteiger partial charge on any atom is 0.225 e.